The maximum Gasteiger partial charge on any atom is 0.160 e. The molecule has 51 heavy (non-hydrogen) atoms. The van der Waals surface area contributed by atoms with E-state index in [1.165, 1.54) is 52.8 Å². The molecule has 10 aromatic rings. The minimum atomic E-state index is 0.713. The summed E-state index contributed by atoms with van der Waals surface area (Å²) in [6.07, 6.45) is 0. The fourth-order valence-electron chi connectivity index (χ4n) is 7.31. The highest BCUT2D eigenvalue weighted by molar-refractivity contribution is 7.26. The molecule has 0 amide bonds. The van der Waals surface area contributed by atoms with Gasteiger partial charge in [0, 0.05) is 42.2 Å². The van der Waals surface area contributed by atoms with E-state index in [2.05, 4.69) is 158 Å². The van der Waals surface area contributed by atoms with Gasteiger partial charge in [0.2, 0.25) is 0 Å². The van der Waals surface area contributed by atoms with Crippen molar-refractivity contribution in [2.75, 3.05) is 0 Å². The lowest BCUT2D eigenvalue weighted by molar-refractivity contribution is 1.18. The van der Waals surface area contributed by atoms with Crippen LogP contribution in [0.3, 0.4) is 0 Å². The van der Waals surface area contributed by atoms with E-state index >= 15 is 0 Å². The Hall–Kier alpha value is -6.42. The Morgan fingerprint density at radius 1 is 0.314 bits per heavy atom. The van der Waals surface area contributed by atoms with Gasteiger partial charge in [-0.05, 0) is 74.8 Å². The summed E-state index contributed by atoms with van der Waals surface area (Å²) < 4.78 is 2.64. The molecule has 0 atom stereocenters. The molecule has 0 radical (unpaired) electrons. The summed E-state index contributed by atoms with van der Waals surface area (Å²) in [7, 11) is 0. The summed E-state index contributed by atoms with van der Waals surface area (Å²) in [4.78, 5) is 10.2. The van der Waals surface area contributed by atoms with Gasteiger partial charge >= 0.3 is 0 Å². The molecule has 8 aromatic carbocycles. The maximum atomic E-state index is 5.19. The summed E-state index contributed by atoms with van der Waals surface area (Å²) in [5.74, 6) is 0.713. The van der Waals surface area contributed by atoms with Crippen molar-refractivity contribution in [3.05, 3.63) is 182 Å². The van der Waals surface area contributed by atoms with Gasteiger partial charge in [-0.1, -0.05) is 146 Å². The van der Waals surface area contributed by atoms with E-state index < -0.39 is 0 Å². The van der Waals surface area contributed by atoms with Crippen LogP contribution < -0.4 is 0 Å². The zero-order valence-electron chi connectivity index (χ0n) is 27.6. The van der Waals surface area contributed by atoms with Gasteiger partial charge in [0.05, 0.1) is 11.4 Å². The Labute approximate surface area is 300 Å². The van der Waals surface area contributed by atoms with Crippen molar-refractivity contribution < 1.29 is 0 Å². The number of hydrogen-bond donors (Lipinski definition) is 0. The summed E-state index contributed by atoms with van der Waals surface area (Å²) in [5, 5.41) is 7.79. The fraction of sp³-hybridized carbons (Fsp3) is 0. The van der Waals surface area contributed by atoms with E-state index in [0.717, 1.165) is 39.2 Å². The second-order valence-electron chi connectivity index (χ2n) is 13.0. The lowest BCUT2D eigenvalue weighted by atomic mass is 9.93. The zero-order valence-corrected chi connectivity index (χ0v) is 28.4. The van der Waals surface area contributed by atoms with E-state index in [1.54, 1.807) is 0 Å². The van der Waals surface area contributed by atoms with Crippen molar-refractivity contribution in [3.63, 3.8) is 0 Å². The third-order valence-corrected chi connectivity index (χ3v) is 11.1. The largest absolute Gasteiger partial charge is 0.228 e. The molecule has 2 nitrogen and oxygen atoms in total. The minimum absolute atomic E-state index is 0.713. The molecule has 2 aromatic heterocycles. The lowest BCUT2D eigenvalue weighted by Gasteiger charge is -2.13. The molecule has 0 saturated carbocycles. The molecule has 0 bridgehead atoms. The van der Waals surface area contributed by atoms with Gasteiger partial charge in [0.25, 0.3) is 0 Å². The first kappa shape index (κ1) is 29.5. The van der Waals surface area contributed by atoms with Crippen molar-refractivity contribution in [2.24, 2.45) is 0 Å². The van der Waals surface area contributed by atoms with Crippen LogP contribution in [-0.4, -0.2) is 9.97 Å². The smallest absolute Gasteiger partial charge is 0.160 e. The molecule has 0 aliphatic heterocycles. The van der Waals surface area contributed by atoms with Crippen molar-refractivity contribution in [1.82, 2.24) is 9.97 Å². The van der Waals surface area contributed by atoms with Gasteiger partial charge in [-0.2, -0.15) is 0 Å². The second kappa shape index (κ2) is 12.2. The van der Waals surface area contributed by atoms with Crippen LogP contribution in [0.25, 0.3) is 97.9 Å². The van der Waals surface area contributed by atoms with Crippen molar-refractivity contribution in [2.45, 2.75) is 0 Å². The molecule has 0 aliphatic rings. The molecule has 0 N–H and O–H groups in total. The molecule has 3 heteroatoms. The molecule has 0 aliphatic carbocycles. The third kappa shape index (κ3) is 5.27. The van der Waals surface area contributed by atoms with Crippen LogP contribution in [0.5, 0.6) is 0 Å². The molecular weight excluding hydrogens is 637 g/mol. The molecule has 238 valence electrons. The number of benzene rings is 8. The molecule has 0 unspecified atom stereocenters. The van der Waals surface area contributed by atoms with Crippen LogP contribution >= 0.6 is 11.3 Å². The highest BCUT2D eigenvalue weighted by Crippen LogP contribution is 2.42. The van der Waals surface area contributed by atoms with E-state index in [4.69, 9.17) is 9.97 Å². The first-order valence-electron chi connectivity index (χ1n) is 17.2. The summed E-state index contributed by atoms with van der Waals surface area (Å²) in [6.45, 7) is 0. The molecule has 2 heterocycles. The van der Waals surface area contributed by atoms with Crippen molar-refractivity contribution in [1.29, 1.82) is 0 Å². The van der Waals surface area contributed by atoms with Crippen LogP contribution in [0.15, 0.2) is 182 Å². The molecule has 0 spiro atoms. The molecule has 0 fully saturated rings. The van der Waals surface area contributed by atoms with Gasteiger partial charge in [0.15, 0.2) is 5.82 Å². The van der Waals surface area contributed by atoms with E-state index in [1.807, 2.05) is 35.6 Å². The van der Waals surface area contributed by atoms with Crippen LogP contribution in [0.2, 0.25) is 0 Å². The van der Waals surface area contributed by atoms with Crippen LogP contribution in [0.4, 0.5) is 0 Å². The summed E-state index contributed by atoms with van der Waals surface area (Å²) in [6, 6.07) is 65.0. The van der Waals surface area contributed by atoms with Gasteiger partial charge in [-0.25, -0.2) is 9.97 Å². The van der Waals surface area contributed by atoms with Gasteiger partial charge in [-0.3, -0.25) is 0 Å². The van der Waals surface area contributed by atoms with E-state index in [9.17, 15) is 0 Å². The van der Waals surface area contributed by atoms with Gasteiger partial charge < -0.3 is 0 Å². The number of fused-ring (bicyclic) bond motifs is 7. The highest BCUT2D eigenvalue weighted by Gasteiger charge is 2.15. The maximum absolute atomic E-state index is 5.19. The van der Waals surface area contributed by atoms with Crippen LogP contribution in [0.1, 0.15) is 0 Å². The number of thiophene rings is 1. The minimum Gasteiger partial charge on any atom is -0.228 e. The average Bonchev–Trinajstić information content (AvgIpc) is 3.60. The quantitative estimate of drug-likeness (QED) is 0.171. The molecular formula is C48H30N2S. The zero-order chi connectivity index (χ0) is 33.7. The topological polar surface area (TPSA) is 25.8 Å². The highest BCUT2D eigenvalue weighted by atomic mass is 32.1. The second-order valence-corrected chi connectivity index (χ2v) is 14.0. The predicted octanol–water partition coefficient (Wildman–Crippen LogP) is 13.5. The number of nitrogens with zero attached hydrogens (tertiary/aromatic N) is 2. The predicted molar refractivity (Wildman–Crippen MR) is 217 cm³/mol. The summed E-state index contributed by atoms with van der Waals surface area (Å²) >= 11 is 1.89. The Bertz CT molecular complexity index is 2840. The van der Waals surface area contributed by atoms with Gasteiger partial charge in [0.1, 0.15) is 0 Å². The summed E-state index contributed by atoms with van der Waals surface area (Å²) in [5.41, 5.74) is 9.55. The Morgan fingerprint density at radius 3 is 1.65 bits per heavy atom. The first-order chi connectivity index (χ1) is 25.2. The average molecular weight is 667 g/mol. The third-order valence-electron chi connectivity index (χ3n) is 9.86. The SMILES string of the molecule is c1ccc(-c2cc(-c3ccc4sc5c(ccc6c7ccccc7ccc65)c4c3)cc(-c3cc(-c4ccccc4)nc(-c4ccccc4)n3)c2)cc1. The standard InChI is InChI=1S/C48H30N2S/c1-4-12-31(13-5-1)36-26-37(28-38(27-36)45-30-44(33-15-6-2-7-16-33)49-48(50-45)34-17-8-3-9-18-34)35-21-25-46-43(29-35)42-24-23-40-39-19-11-10-14-32(39)20-22-41(40)47(42)51-46/h1-30H. The number of hydrogen-bond acceptors (Lipinski definition) is 3. The monoisotopic (exact) mass is 666 g/mol. The van der Waals surface area contributed by atoms with Crippen LogP contribution in [-0.2, 0) is 0 Å². The molecule has 10 rings (SSSR count). The molecule has 0 saturated heterocycles. The van der Waals surface area contributed by atoms with Crippen LogP contribution in [0, 0.1) is 0 Å². The van der Waals surface area contributed by atoms with Crippen molar-refractivity contribution in [3.8, 4) is 56.2 Å². The first-order valence-corrected chi connectivity index (χ1v) is 18.0. The normalized spacial score (nSPS) is 11.5. The fourth-order valence-corrected chi connectivity index (χ4v) is 8.52. The Morgan fingerprint density at radius 2 is 0.882 bits per heavy atom. The van der Waals surface area contributed by atoms with E-state index in [-0.39, 0.29) is 0 Å². The van der Waals surface area contributed by atoms with Gasteiger partial charge in [-0.15, -0.1) is 11.3 Å². The Kier molecular flexibility index (Phi) is 7.04. The van der Waals surface area contributed by atoms with E-state index in [0.29, 0.717) is 5.82 Å². The Balaban J connectivity index is 1.17. The number of aromatic nitrogens is 2. The van der Waals surface area contributed by atoms with Crippen molar-refractivity contribution >= 4 is 53.1 Å². The lowest BCUT2D eigenvalue weighted by Crippen LogP contribution is -1.96. The number of rotatable bonds is 5.